The van der Waals surface area contributed by atoms with Gasteiger partial charge in [-0.1, -0.05) is 29.8 Å². The number of carbonyl (C=O) groups excluding carboxylic acids is 3. The highest BCUT2D eigenvalue weighted by atomic mass is 35.5. The monoisotopic (exact) mass is 425 g/mol. The topological polar surface area (TPSA) is 69.7 Å². The van der Waals surface area contributed by atoms with Gasteiger partial charge in [-0.25, -0.2) is 0 Å². The summed E-state index contributed by atoms with van der Waals surface area (Å²) in [4.78, 5) is 41.6. The van der Waals surface area contributed by atoms with Crippen LogP contribution in [0.15, 0.2) is 42.5 Å². The number of halogens is 1. The van der Waals surface area contributed by atoms with Crippen LogP contribution in [0.2, 0.25) is 5.02 Å². The minimum atomic E-state index is -0.564. The minimum absolute atomic E-state index is 0.00973. The molecule has 0 aliphatic carbocycles. The van der Waals surface area contributed by atoms with E-state index in [2.05, 4.69) is 5.32 Å². The number of likely N-dealkylation sites (tertiary alicyclic amines) is 1. The molecule has 30 heavy (non-hydrogen) atoms. The van der Waals surface area contributed by atoms with Gasteiger partial charge in [-0.3, -0.25) is 14.4 Å². The molecule has 0 unspecified atom stereocenters. The summed E-state index contributed by atoms with van der Waals surface area (Å²) >= 11 is 6.29. The third kappa shape index (κ3) is 4.05. The Morgan fingerprint density at radius 2 is 1.77 bits per heavy atom. The lowest BCUT2D eigenvalue weighted by molar-refractivity contribution is -0.135. The van der Waals surface area contributed by atoms with E-state index in [0.29, 0.717) is 22.7 Å². The maximum atomic E-state index is 13.4. The molecule has 7 heteroatoms. The zero-order valence-electron chi connectivity index (χ0n) is 16.9. The van der Waals surface area contributed by atoms with E-state index in [1.807, 2.05) is 23.1 Å². The van der Waals surface area contributed by atoms with Gasteiger partial charge in [0.15, 0.2) is 0 Å². The molecule has 0 bridgehead atoms. The maximum absolute atomic E-state index is 13.4. The van der Waals surface area contributed by atoms with Gasteiger partial charge in [-0.05, 0) is 48.2 Å². The van der Waals surface area contributed by atoms with Crippen molar-refractivity contribution in [2.75, 3.05) is 18.4 Å². The number of nitrogens with zero attached hydrogens (tertiary/aromatic N) is 2. The molecule has 6 nitrogen and oxygen atoms in total. The SMILES string of the molecule is CC(=O)Nc1ccc2c(c1)CN(C(=O)c1ccccc1Cl)[C@@H](C(=O)N1CCCC1)C2. The Morgan fingerprint density at radius 3 is 2.47 bits per heavy atom. The molecule has 1 fully saturated rings. The normalized spacial score (nSPS) is 18.1. The molecule has 4 rings (SSSR count). The molecule has 1 saturated heterocycles. The molecule has 3 amide bonds. The molecule has 1 atom stereocenters. The summed E-state index contributed by atoms with van der Waals surface area (Å²) in [5.41, 5.74) is 3.01. The molecule has 2 aromatic carbocycles. The van der Waals surface area contributed by atoms with Gasteiger partial charge >= 0.3 is 0 Å². The van der Waals surface area contributed by atoms with Crippen molar-refractivity contribution in [1.29, 1.82) is 0 Å². The maximum Gasteiger partial charge on any atom is 0.256 e. The van der Waals surface area contributed by atoms with Gasteiger partial charge in [0.2, 0.25) is 11.8 Å². The zero-order valence-corrected chi connectivity index (χ0v) is 17.6. The Balaban J connectivity index is 1.70. The highest BCUT2D eigenvalue weighted by Gasteiger charge is 2.38. The summed E-state index contributed by atoms with van der Waals surface area (Å²) in [5.74, 6) is -0.421. The van der Waals surface area contributed by atoms with Gasteiger partial charge in [0.1, 0.15) is 6.04 Å². The first kappa shape index (κ1) is 20.4. The van der Waals surface area contributed by atoms with Gasteiger partial charge in [-0.15, -0.1) is 0 Å². The Hall–Kier alpha value is -2.86. The van der Waals surface area contributed by atoms with Gasteiger partial charge in [0, 0.05) is 38.7 Å². The van der Waals surface area contributed by atoms with Gasteiger partial charge in [0.25, 0.3) is 5.91 Å². The van der Waals surface area contributed by atoms with Crippen LogP contribution in [0.1, 0.15) is 41.3 Å². The van der Waals surface area contributed by atoms with Crippen LogP contribution in [0.5, 0.6) is 0 Å². The lowest BCUT2D eigenvalue weighted by atomic mass is 9.92. The van der Waals surface area contributed by atoms with E-state index in [9.17, 15) is 14.4 Å². The van der Waals surface area contributed by atoms with Crippen LogP contribution in [0, 0.1) is 0 Å². The molecule has 1 N–H and O–H groups in total. The number of nitrogens with one attached hydrogen (secondary N) is 1. The third-order valence-electron chi connectivity index (χ3n) is 5.72. The molecule has 0 aromatic heterocycles. The summed E-state index contributed by atoms with van der Waals surface area (Å²) < 4.78 is 0. The number of carbonyl (C=O) groups is 3. The van der Waals surface area contributed by atoms with Crippen LogP contribution in [0.4, 0.5) is 5.69 Å². The van der Waals surface area contributed by atoms with E-state index in [1.165, 1.54) is 6.92 Å². The van der Waals surface area contributed by atoms with Gasteiger partial charge < -0.3 is 15.1 Å². The van der Waals surface area contributed by atoms with Crippen molar-refractivity contribution >= 4 is 35.0 Å². The van der Waals surface area contributed by atoms with Crippen molar-refractivity contribution in [2.24, 2.45) is 0 Å². The second kappa shape index (κ2) is 8.48. The number of fused-ring (bicyclic) bond motifs is 1. The van der Waals surface area contributed by atoms with Crippen LogP contribution in [0.3, 0.4) is 0 Å². The van der Waals surface area contributed by atoms with Crippen molar-refractivity contribution in [1.82, 2.24) is 9.80 Å². The average Bonchev–Trinajstić information content (AvgIpc) is 3.26. The van der Waals surface area contributed by atoms with Crippen molar-refractivity contribution in [3.05, 3.63) is 64.2 Å². The molecular weight excluding hydrogens is 402 g/mol. The number of hydrogen-bond acceptors (Lipinski definition) is 3. The number of rotatable bonds is 3. The summed E-state index contributed by atoms with van der Waals surface area (Å²) in [6.45, 7) is 3.21. The lowest BCUT2D eigenvalue weighted by Gasteiger charge is -2.38. The lowest BCUT2D eigenvalue weighted by Crippen LogP contribution is -2.53. The van der Waals surface area contributed by atoms with Crippen LogP contribution in [-0.4, -0.2) is 46.7 Å². The summed E-state index contributed by atoms with van der Waals surface area (Å²) in [7, 11) is 0. The first-order valence-electron chi connectivity index (χ1n) is 10.2. The molecule has 2 heterocycles. The average molecular weight is 426 g/mol. The first-order chi connectivity index (χ1) is 14.4. The van der Waals surface area contributed by atoms with Crippen LogP contribution in [0.25, 0.3) is 0 Å². The summed E-state index contributed by atoms with van der Waals surface area (Å²) in [5, 5.41) is 3.15. The minimum Gasteiger partial charge on any atom is -0.341 e. The van der Waals surface area contributed by atoms with E-state index in [-0.39, 0.29) is 24.3 Å². The molecule has 0 radical (unpaired) electrons. The highest BCUT2D eigenvalue weighted by molar-refractivity contribution is 6.33. The number of hydrogen-bond donors (Lipinski definition) is 1. The summed E-state index contributed by atoms with van der Waals surface area (Å²) in [6.07, 6.45) is 2.43. The Labute approximate surface area is 180 Å². The Bertz CT molecular complexity index is 1000. The fraction of sp³-hybridized carbons (Fsp3) is 0.348. The van der Waals surface area contributed by atoms with E-state index in [4.69, 9.17) is 11.6 Å². The van der Waals surface area contributed by atoms with Crippen molar-refractivity contribution in [3.63, 3.8) is 0 Å². The largest absolute Gasteiger partial charge is 0.341 e. The fourth-order valence-corrected chi connectivity index (χ4v) is 4.45. The Morgan fingerprint density at radius 1 is 1.03 bits per heavy atom. The second-order valence-corrected chi connectivity index (χ2v) is 8.24. The fourth-order valence-electron chi connectivity index (χ4n) is 4.24. The van der Waals surface area contributed by atoms with E-state index < -0.39 is 6.04 Å². The molecule has 2 aliphatic heterocycles. The van der Waals surface area contributed by atoms with Crippen molar-refractivity contribution in [3.8, 4) is 0 Å². The third-order valence-corrected chi connectivity index (χ3v) is 6.05. The van der Waals surface area contributed by atoms with Crippen LogP contribution < -0.4 is 5.32 Å². The number of anilines is 1. The van der Waals surface area contributed by atoms with E-state index in [0.717, 1.165) is 37.1 Å². The molecular formula is C23H24ClN3O3. The van der Waals surface area contributed by atoms with Crippen molar-refractivity contribution in [2.45, 2.75) is 38.8 Å². The molecule has 2 aliphatic rings. The standard InChI is InChI=1S/C23H24ClN3O3/c1-15(28)25-18-9-8-16-13-21(23(30)26-10-4-5-11-26)27(14-17(16)12-18)22(29)19-6-2-3-7-20(19)24/h2-3,6-9,12,21H,4-5,10-11,13-14H2,1H3,(H,25,28)/t21-/m1/s1. The number of amides is 3. The predicted octanol–water partition coefficient (Wildman–Crippen LogP) is 3.49. The molecule has 156 valence electrons. The smallest absolute Gasteiger partial charge is 0.256 e. The van der Waals surface area contributed by atoms with Crippen LogP contribution in [-0.2, 0) is 22.6 Å². The Kier molecular flexibility index (Phi) is 5.77. The predicted molar refractivity (Wildman–Crippen MR) is 115 cm³/mol. The van der Waals surface area contributed by atoms with Crippen molar-refractivity contribution < 1.29 is 14.4 Å². The van der Waals surface area contributed by atoms with E-state index >= 15 is 0 Å². The highest BCUT2D eigenvalue weighted by Crippen LogP contribution is 2.30. The molecule has 0 saturated carbocycles. The van der Waals surface area contributed by atoms with Crippen LogP contribution >= 0.6 is 11.6 Å². The quantitative estimate of drug-likeness (QED) is 0.818. The van der Waals surface area contributed by atoms with Gasteiger partial charge in [-0.2, -0.15) is 0 Å². The number of benzene rings is 2. The zero-order chi connectivity index (χ0) is 21.3. The molecule has 0 spiro atoms. The van der Waals surface area contributed by atoms with Gasteiger partial charge in [0.05, 0.1) is 10.6 Å². The second-order valence-electron chi connectivity index (χ2n) is 7.83. The summed E-state index contributed by atoms with van der Waals surface area (Å²) in [6, 6.07) is 12.0. The van der Waals surface area contributed by atoms with E-state index in [1.54, 1.807) is 29.2 Å². The molecule has 2 aromatic rings. The first-order valence-corrected chi connectivity index (χ1v) is 10.6.